The molecule has 0 saturated carbocycles. The van der Waals surface area contributed by atoms with E-state index in [0.29, 0.717) is 12.9 Å². The van der Waals surface area contributed by atoms with Crippen molar-refractivity contribution in [3.8, 4) is 0 Å². The van der Waals surface area contributed by atoms with Crippen molar-refractivity contribution in [2.24, 2.45) is 0 Å². The first-order chi connectivity index (χ1) is 3.81. The average Bonchev–Trinajstić information content (AvgIpc) is 1.68. The van der Waals surface area contributed by atoms with Gasteiger partial charge in [-0.05, 0) is 12.7 Å². The summed E-state index contributed by atoms with van der Waals surface area (Å²) >= 11 is 0. The summed E-state index contributed by atoms with van der Waals surface area (Å²) in [6.07, 6.45) is 1.24. The van der Waals surface area contributed by atoms with E-state index in [-0.39, 0.29) is 29.6 Å². The molecule has 46 valence electrons. The van der Waals surface area contributed by atoms with Gasteiger partial charge in [-0.1, -0.05) is 6.92 Å². The molecule has 0 unspecified atom stereocenters. The third-order valence-electron chi connectivity index (χ3n) is 0.491. The van der Waals surface area contributed by atoms with Gasteiger partial charge in [0.25, 0.3) is 0 Å². The van der Waals surface area contributed by atoms with Crippen LogP contribution < -0.4 is 34.7 Å². The number of ether oxygens (including phenoxy) is 1. The van der Waals surface area contributed by atoms with Crippen molar-refractivity contribution in [1.29, 1.82) is 0 Å². The molecule has 0 aromatic heterocycles. The Hall–Kier alpha value is 0.0100. The maximum Gasteiger partial charge on any atom is 1.00 e. The average molecular weight is 138 g/mol. The van der Waals surface area contributed by atoms with Gasteiger partial charge in [0, 0.05) is 0 Å². The van der Waals surface area contributed by atoms with Gasteiger partial charge in [0.2, 0.25) is 0 Å². The molecule has 0 spiro atoms. The predicted molar refractivity (Wildman–Crippen MR) is 25.8 cm³/mol. The van der Waals surface area contributed by atoms with E-state index in [1.807, 2.05) is 0 Å². The van der Waals surface area contributed by atoms with Crippen molar-refractivity contribution in [1.82, 2.24) is 0 Å². The van der Waals surface area contributed by atoms with Crippen LogP contribution >= 0.6 is 0 Å². The summed E-state index contributed by atoms with van der Waals surface area (Å²) in [5.74, 6) is -0.581. The van der Waals surface area contributed by atoms with E-state index in [1.165, 1.54) is 0 Å². The fourth-order valence-electron chi connectivity index (χ4n) is 0.246. The zero-order chi connectivity index (χ0) is 6.41. The van der Waals surface area contributed by atoms with Crippen molar-refractivity contribution in [2.45, 2.75) is 6.92 Å². The minimum atomic E-state index is -0.581. The Kier molecular flexibility index (Phi) is 10.5. The topological polar surface area (TPSA) is 49.4 Å². The van der Waals surface area contributed by atoms with Gasteiger partial charge in [-0.15, -0.1) is 0 Å². The maximum absolute atomic E-state index is 10.1. The van der Waals surface area contributed by atoms with Gasteiger partial charge < -0.3 is 9.84 Å². The minimum Gasteiger partial charge on any atom is -0.613 e. The predicted octanol–water partition coefficient (Wildman–Crippen LogP) is -3.57. The van der Waals surface area contributed by atoms with E-state index in [0.717, 1.165) is 6.08 Å². The molecule has 0 saturated heterocycles. The molecule has 3 nitrogen and oxygen atoms in total. The molecule has 9 heavy (non-hydrogen) atoms. The molecule has 0 aliphatic rings. The number of allylic oxidation sites excluding steroid dienone is 1. The van der Waals surface area contributed by atoms with E-state index in [2.05, 4.69) is 4.74 Å². The SMILES string of the molecule is CCO/C([O-])=C\C=O.[Na+]. The molecule has 0 bridgehead atoms. The zero-order valence-electron chi connectivity index (χ0n) is 5.59. The second-order valence-electron chi connectivity index (χ2n) is 1.05. The van der Waals surface area contributed by atoms with E-state index in [1.54, 1.807) is 6.92 Å². The van der Waals surface area contributed by atoms with Crippen LogP contribution in [0.4, 0.5) is 0 Å². The Bertz CT molecular complexity index is 100. The van der Waals surface area contributed by atoms with Crippen LogP contribution in [0.5, 0.6) is 0 Å². The largest absolute Gasteiger partial charge is 1.00 e. The molecule has 4 heteroatoms. The third kappa shape index (κ3) is 8.01. The van der Waals surface area contributed by atoms with Crippen molar-refractivity contribution in [2.75, 3.05) is 6.61 Å². The summed E-state index contributed by atoms with van der Waals surface area (Å²) in [5.41, 5.74) is 0. The maximum atomic E-state index is 10.1. The minimum absolute atomic E-state index is 0. The van der Waals surface area contributed by atoms with Crippen LogP contribution in [0.1, 0.15) is 6.92 Å². The van der Waals surface area contributed by atoms with Gasteiger partial charge >= 0.3 is 29.6 Å². The van der Waals surface area contributed by atoms with Crippen LogP contribution in [-0.4, -0.2) is 12.9 Å². The smallest absolute Gasteiger partial charge is 0.613 e. The number of carbonyl (C=O) groups is 1. The first-order valence-corrected chi connectivity index (χ1v) is 2.26. The molecule has 0 atom stereocenters. The van der Waals surface area contributed by atoms with Crippen LogP contribution in [0.2, 0.25) is 0 Å². The first-order valence-electron chi connectivity index (χ1n) is 2.26. The van der Waals surface area contributed by atoms with Gasteiger partial charge in [-0.2, -0.15) is 0 Å². The van der Waals surface area contributed by atoms with Gasteiger partial charge in [0.1, 0.15) is 6.29 Å². The van der Waals surface area contributed by atoms with Crippen LogP contribution in [-0.2, 0) is 9.53 Å². The molecule has 0 N–H and O–H groups in total. The second-order valence-corrected chi connectivity index (χ2v) is 1.05. The number of hydrogen-bond acceptors (Lipinski definition) is 3. The Morgan fingerprint density at radius 2 is 2.33 bits per heavy atom. The van der Waals surface area contributed by atoms with E-state index in [9.17, 15) is 9.90 Å². The van der Waals surface area contributed by atoms with Gasteiger partial charge in [0.05, 0.1) is 5.95 Å². The molecular formula is C5H7NaO3. The summed E-state index contributed by atoms with van der Waals surface area (Å²) < 4.78 is 4.36. The fourth-order valence-corrected chi connectivity index (χ4v) is 0.246. The van der Waals surface area contributed by atoms with E-state index >= 15 is 0 Å². The van der Waals surface area contributed by atoms with E-state index in [4.69, 9.17) is 0 Å². The van der Waals surface area contributed by atoms with Crippen molar-refractivity contribution < 1.29 is 44.2 Å². The van der Waals surface area contributed by atoms with Crippen LogP contribution in [0.15, 0.2) is 12.0 Å². The number of carbonyl (C=O) groups excluding carboxylic acids is 1. The third-order valence-corrected chi connectivity index (χ3v) is 0.491. The molecule has 0 aromatic rings. The summed E-state index contributed by atoms with van der Waals surface area (Å²) in [6, 6.07) is 0. The van der Waals surface area contributed by atoms with E-state index < -0.39 is 5.95 Å². The van der Waals surface area contributed by atoms with Gasteiger partial charge in [-0.3, -0.25) is 4.79 Å². The monoisotopic (exact) mass is 138 g/mol. The summed E-state index contributed by atoms with van der Waals surface area (Å²) in [6.45, 7) is 1.99. The molecule has 0 rings (SSSR count). The molecular weight excluding hydrogens is 131 g/mol. The Morgan fingerprint density at radius 1 is 1.78 bits per heavy atom. The number of aldehydes is 1. The first kappa shape index (κ1) is 11.8. The summed E-state index contributed by atoms with van der Waals surface area (Å²) in [4.78, 5) is 9.53. The Morgan fingerprint density at radius 3 is 2.67 bits per heavy atom. The van der Waals surface area contributed by atoms with Gasteiger partial charge in [-0.25, -0.2) is 0 Å². The quantitative estimate of drug-likeness (QED) is 0.175. The Labute approximate surface area is 76.0 Å². The number of rotatable bonds is 3. The van der Waals surface area contributed by atoms with Crippen LogP contribution in [0.25, 0.3) is 0 Å². The van der Waals surface area contributed by atoms with Crippen molar-refractivity contribution >= 4 is 6.29 Å². The van der Waals surface area contributed by atoms with Crippen LogP contribution in [0, 0.1) is 0 Å². The van der Waals surface area contributed by atoms with Crippen molar-refractivity contribution in [3.63, 3.8) is 0 Å². The molecule has 0 aliphatic heterocycles. The van der Waals surface area contributed by atoms with Crippen molar-refractivity contribution in [3.05, 3.63) is 12.0 Å². The van der Waals surface area contributed by atoms with Gasteiger partial charge in [0.15, 0.2) is 0 Å². The molecule has 0 aromatic carbocycles. The molecule has 0 fully saturated rings. The molecule has 0 heterocycles. The summed E-state index contributed by atoms with van der Waals surface area (Å²) in [7, 11) is 0. The standard InChI is InChI=1S/C5H8O3.Na/c1-2-8-5(7)3-4-6;/h3-4,7H,2H2,1H3;/q;+1/p-1/b5-3-;. The number of hydrogen-bond donors (Lipinski definition) is 0. The fraction of sp³-hybridized carbons (Fsp3) is 0.400. The Balaban J connectivity index is 0. The normalized spacial score (nSPS) is 9.67. The zero-order valence-corrected chi connectivity index (χ0v) is 7.59. The van der Waals surface area contributed by atoms with Crippen LogP contribution in [0.3, 0.4) is 0 Å². The molecule has 0 radical (unpaired) electrons. The second kappa shape index (κ2) is 8.01. The summed E-state index contributed by atoms with van der Waals surface area (Å²) in [5, 5.41) is 10.1. The molecule has 0 aliphatic carbocycles. The molecule has 0 amide bonds.